The molecule has 3 unspecified atom stereocenters. The summed E-state index contributed by atoms with van der Waals surface area (Å²) in [6, 6.07) is 0. The predicted octanol–water partition coefficient (Wildman–Crippen LogP) is 6.59. The number of methoxy groups -OCH3 is 1. The van der Waals surface area contributed by atoms with Gasteiger partial charge in [0.1, 0.15) is 11.9 Å². The van der Waals surface area contributed by atoms with Gasteiger partial charge in [-0.2, -0.15) is 12.6 Å². The minimum Gasteiger partial charge on any atom is -0.466 e. The fraction of sp³-hybridized carbons (Fsp3) is 0.686. The molecule has 1 rings (SSSR count). The number of thiol groups is 1. The molecule has 1 saturated heterocycles. The minimum atomic E-state index is -0.838. The fourth-order valence-electron chi connectivity index (χ4n) is 5.94. The molecule has 45 heavy (non-hydrogen) atoms. The fourth-order valence-corrected chi connectivity index (χ4v) is 6.37. The molecule has 0 amide bonds. The van der Waals surface area contributed by atoms with E-state index in [1.165, 1.54) is 13.2 Å². The van der Waals surface area contributed by atoms with Crippen LogP contribution in [0, 0.1) is 51.5 Å². The van der Waals surface area contributed by atoms with Crippen molar-refractivity contribution in [2.24, 2.45) is 41.4 Å². The summed E-state index contributed by atoms with van der Waals surface area (Å²) < 4.78 is 10.2. The number of aliphatic hydroxyl groups excluding tert-OH is 1. The largest absolute Gasteiger partial charge is 0.466 e. The van der Waals surface area contributed by atoms with E-state index in [4.69, 9.17) is 17.4 Å². The van der Waals surface area contributed by atoms with E-state index in [0.29, 0.717) is 6.42 Å². The SMILES string of the molecule is CCC(/C=C/[C@@H]1OC(=O)CC(C[N+](=O)[O-])[C@@H]1C)C(S)[C@H](C)C/C=C/C(C)=C/[C@@H](C)C(=O)[C@@H](C)[C@H](O)[C@@H](C)C/C(C)=C/C(=O)OC. The first kappa shape index (κ1) is 40.3. The van der Waals surface area contributed by atoms with Crippen LogP contribution in [0.4, 0.5) is 0 Å². The van der Waals surface area contributed by atoms with E-state index >= 15 is 0 Å². The Morgan fingerprint density at radius 2 is 1.84 bits per heavy atom. The van der Waals surface area contributed by atoms with Gasteiger partial charge in [0, 0.05) is 39.9 Å². The van der Waals surface area contributed by atoms with Gasteiger partial charge in [-0.3, -0.25) is 19.7 Å². The summed E-state index contributed by atoms with van der Waals surface area (Å²) in [5, 5.41) is 21.9. The molecule has 10 heteroatoms. The van der Waals surface area contributed by atoms with Gasteiger partial charge >= 0.3 is 11.9 Å². The van der Waals surface area contributed by atoms with Crippen molar-refractivity contribution >= 4 is 30.4 Å². The summed E-state index contributed by atoms with van der Waals surface area (Å²) in [5.74, 6) is -2.14. The number of Topliss-reactive ketones (excluding diaryl/α,β-unsaturated/α-hetero) is 1. The third-order valence-electron chi connectivity index (χ3n) is 8.99. The highest BCUT2D eigenvalue weighted by Crippen LogP contribution is 2.31. The number of ketones is 1. The van der Waals surface area contributed by atoms with Crippen molar-refractivity contribution in [3.8, 4) is 0 Å². The number of ether oxygens (including phenoxy) is 2. The van der Waals surface area contributed by atoms with Crippen molar-refractivity contribution < 1.29 is 33.9 Å². The molecule has 1 aliphatic rings. The molecule has 0 radical (unpaired) electrons. The zero-order chi connectivity index (χ0) is 34.4. The zero-order valence-electron chi connectivity index (χ0n) is 28.5. The average Bonchev–Trinajstić information content (AvgIpc) is 2.97. The number of esters is 2. The molecular weight excluding hydrogens is 594 g/mol. The van der Waals surface area contributed by atoms with Crippen LogP contribution in [0.5, 0.6) is 0 Å². The van der Waals surface area contributed by atoms with Gasteiger partial charge in [-0.1, -0.05) is 77.0 Å². The van der Waals surface area contributed by atoms with Crippen LogP contribution < -0.4 is 0 Å². The number of cyclic esters (lactones) is 1. The average molecular weight is 650 g/mol. The van der Waals surface area contributed by atoms with Crippen LogP contribution in [0.25, 0.3) is 0 Å². The molecular formula is C35H55NO8S. The summed E-state index contributed by atoms with van der Waals surface area (Å²) in [6.07, 6.45) is 12.1. The first-order valence-electron chi connectivity index (χ1n) is 16.0. The molecule has 9 nitrogen and oxygen atoms in total. The maximum absolute atomic E-state index is 13.1. The summed E-state index contributed by atoms with van der Waals surface area (Å²) in [4.78, 5) is 47.3. The summed E-state index contributed by atoms with van der Waals surface area (Å²) in [6.45, 7) is 15.1. The van der Waals surface area contributed by atoms with Gasteiger partial charge in [-0.05, 0) is 56.9 Å². The first-order valence-corrected chi connectivity index (χ1v) is 16.5. The molecule has 0 spiro atoms. The smallest absolute Gasteiger partial charge is 0.330 e. The van der Waals surface area contributed by atoms with Crippen LogP contribution in [-0.2, 0) is 23.9 Å². The third kappa shape index (κ3) is 13.7. The standard InChI is InChI=1S/C35H55NO8S/c1-10-28(14-15-30-26(7)29(20-36(41)42)19-32(38)44-30)35(45)23(4)13-11-12-21(2)16-24(5)33(39)27(8)34(40)25(6)17-22(3)18-31(37)43-9/h11-12,14-16,18,23-30,34-35,40,45H,10,13,17,19-20H2,1-9H3/b12-11+,15-14+,21-16+,22-18+/t23-,24-,25+,26+,27-,28?,29?,30+,34-,35?/m1/s1. The van der Waals surface area contributed by atoms with Gasteiger partial charge < -0.3 is 14.6 Å². The van der Waals surface area contributed by atoms with Crippen LogP contribution in [0.15, 0.2) is 47.6 Å². The van der Waals surface area contributed by atoms with E-state index in [-0.39, 0.29) is 64.4 Å². The Morgan fingerprint density at radius 1 is 1.20 bits per heavy atom. The molecule has 0 saturated carbocycles. The van der Waals surface area contributed by atoms with Crippen LogP contribution >= 0.6 is 12.6 Å². The van der Waals surface area contributed by atoms with Crippen molar-refractivity contribution in [3.05, 3.63) is 57.7 Å². The lowest BCUT2D eigenvalue weighted by molar-refractivity contribution is -0.490. The Balaban J connectivity index is 2.75. The van der Waals surface area contributed by atoms with Crippen LogP contribution in [0.2, 0.25) is 0 Å². The van der Waals surface area contributed by atoms with E-state index in [9.17, 15) is 29.6 Å². The van der Waals surface area contributed by atoms with Crippen molar-refractivity contribution in [1.29, 1.82) is 0 Å². The topological polar surface area (TPSA) is 133 Å². The maximum atomic E-state index is 13.1. The summed E-state index contributed by atoms with van der Waals surface area (Å²) >= 11 is 4.92. The number of rotatable bonds is 18. The lowest BCUT2D eigenvalue weighted by Gasteiger charge is -2.32. The Morgan fingerprint density at radius 3 is 2.42 bits per heavy atom. The third-order valence-corrected chi connectivity index (χ3v) is 9.88. The zero-order valence-corrected chi connectivity index (χ0v) is 29.4. The van der Waals surface area contributed by atoms with Crippen LogP contribution in [0.3, 0.4) is 0 Å². The Kier molecular flexibility index (Phi) is 17.7. The number of nitro groups is 1. The van der Waals surface area contributed by atoms with E-state index in [1.807, 2.05) is 52.0 Å². The minimum absolute atomic E-state index is 0.0410. The quantitative estimate of drug-likeness (QED) is 0.0323. The van der Waals surface area contributed by atoms with Crippen molar-refractivity contribution in [2.45, 2.75) is 98.5 Å². The second-order valence-corrected chi connectivity index (χ2v) is 13.5. The number of hydrogen-bond acceptors (Lipinski definition) is 9. The van der Waals surface area contributed by atoms with E-state index < -0.39 is 30.1 Å². The molecule has 0 bridgehead atoms. The molecule has 1 N–H and O–H groups in total. The molecule has 0 aromatic heterocycles. The van der Waals surface area contributed by atoms with E-state index in [0.717, 1.165) is 24.0 Å². The number of carbonyl (C=O) groups is 3. The molecule has 1 heterocycles. The van der Waals surface area contributed by atoms with Gasteiger partial charge in [-0.25, -0.2) is 4.79 Å². The van der Waals surface area contributed by atoms with Crippen LogP contribution in [0.1, 0.15) is 81.1 Å². The van der Waals surface area contributed by atoms with Crippen molar-refractivity contribution in [2.75, 3.05) is 13.7 Å². The van der Waals surface area contributed by atoms with Gasteiger partial charge in [0.15, 0.2) is 0 Å². The highest BCUT2D eigenvalue weighted by molar-refractivity contribution is 7.81. The maximum Gasteiger partial charge on any atom is 0.330 e. The summed E-state index contributed by atoms with van der Waals surface area (Å²) in [7, 11) is 1.32. The lowest BCUT2D eigenvalue weighted by Crippen LogP contribution is -2.39. The first-order chi connectivity index (χ1) is 21.0. The Hall–Kier alpha value is -2.72. The Labute approximate surface area is 275 Å². The summed E-state index contributed by atoms with van der Waals surface area (Å²) in [5.41, 5.74) is 1.74. The van der Waals surface area contributed by atoms with E-state index in [2.05, 4.69) is 24.7 Å². The molecule has 254 valence electrons. The van der Waals surface area contributed by atoms with Crippen molar-refractivity contribution in [3.63, 3.8) is 0 Å². The molecule has 0 aromatic carbocycles. The highest BCUT2D eigenvalue weighted by atomic mass is 32.1. The van der Waals surface area contributed by atoms with Gasteiger partial charge in [0.2, 0.25) is 6.54 Å². The predicted molar refractivity (Wildman–Crippen MR) is 180 cm³/mol. The van der Waals surface area contributed by atoms with E-state index in [1.54, 1.807) is 13.8 Å². The van der Waals surface area contributed by atoms with Gasteiger partial charge in [-0.15, -0.1) is 0 Å². The Bertz CT molecular complexity index is 1130. The lowest BCUT2D eigenvalue weighted by atomic mass is 9.83. The highest BCUT2D eigenvalue weighted by Gasteiger charge is 2.37. The second-order valence-electron chi connectivity index (χ2n) is 12.9. The molecule has 10 atom stereocenters. The number of allylic oxidation sites excluding steroid dienone is 6. The number of carbonyl (C=O) groups excluding carboxylic acids is 3. The molecule has 0 aliphatic carbocycles. The molecule has 0 aromatic rings. The van der Waals surface area contributed by atoms with Gasteiger partial charge in [0.05, 0.1) is 19.6 Å². The molecule has 1 fully saturated rings. The number of nitrogens with zero attached hydrogens (tertiary/aromatic N) is 1. The number of hydrogen-bond donors (Lipinski definition) is 2. The normalized spacial score (nSPS) is 24.4. The van der Waals surface area contributed by atoms with Crippen LogP contribution in [-0.4, -0.2) is 58.9 Å². The monoisotopic (exact) mass is 649 g/mol. The second kappa shape index (κ2) is 19.7. The van der Waals surface area contributed by atoms with Gasteiger partial charge in [0.25, 0.3) is 0 Å². The number of aliphatic hydroxyl groups is 1. The molecule has 1 aliphatic heterocycles. The van der Waals surface area contributed by atoms with Crippen molar-refractivity contribution in [1.82, 2.24) is 0 Å².